The third kappa shape index (κ3) is 6.32. The summed E-state index contributed by atoms with van der Waals surface area (Å²) < 4.78 is 27.6. The summed E-state index contributed by atoms with van der Waals surface area (Å²) in [6.07, 6.45) is 0. The number of benzene rings is 2. The van der Waals surface area contributed by atoms with Crippen molar-refractivity contribution in [3.8, 4) is 0 Å². The standard InChI is InChI=1S/C21H27N3O4S/c1-14(2)20(25)22-11-12-23-21(26)17-6-8-18(9-7-17)24-29(27,28)19-10-5-15(3)16(4)13-19/h5-10,13-14,24H,11-12H2,1-4H3,(H,22,25)(H,23,26). The van der Waals surface area contributed by atoms with Crippen molar-refractivity contribution >= 4 is 27.5 Å². The van der Waals surface area contributed by atoms with E-state index in [1.807, 2.05) is 13.8 Å². The van der Waals surface area contributed by atoms with E-state index in [-0.39, 0.29) is 22.6 Å². The van der Waals surface area contributed by atoms with Crippen LogP contribution in [0.25, 0.3) is 0 Å². The summed E-state index contributed by atoms with van der Waals surface area (Å²) in [6, 6.07) is 11.1. The van der Waals surface area contributed by atoms with Crippen LogP contribution in [-0.4, -0.2) is 33.3 Å². The number of sulfonamides is 1. The van der Waals surface area contributed by atoms with Crippen molar-refractivity contribution in [3.05, 3.63) is 59.2 Å². The van der Waals surface area contributed by atoms with Gasteiger partial charge in [0.1, 0.15) is 0 Å². The average Bonchev–Trinajstić information content (AvgIpc) is 2.67. The number of rotatable bonds is 8. The highest BCUT2D eigenvalue weighted by atomic mass is 32.2. The third-order valence-corrected chi connectivity index (χ3v) is 5.80. The summed E-state index contributed by atoms with van der Waals surface area (Å²) in [6.45, 7) is 8.01. The van der Waals surface area contributed by atoms with E-state index in [9.17, 15) is 18.0 Å². The summed E-state index contributed by atoms with van der Waals surface area (Å²) in [5, 5.41) is 5.42. The van der Waals surface area contributed by atoms with Crippen molar-refractivity contribution < 1.29 is 18.0 Å². The van der Waals surface area contributed by atoms with Crippen molar-refractivity contribution in [1.29, 1.82) is 0 Å². The van der Waals surface area contributed by atoms with Gasteiger partial charge in [-0.25, -0.2) is 8.42 Å². The molecule has 7 nitrogen and oxygen atoms in total. The molecule has 0 aliphatic rings. The molecule has 0 saturated heterocycles. The Balaban J connectivity index is 1.94. The molecule has 2 aromatic rings. The van der Waals surface area contributed by atoms with Crippen LogP contribution in [-0.2, 0) is 14.8 Å². The molecule has 2 amide bonds. The first kappa shape index (κ1) is 22.4. The third-order valence-electron chi connectivity index (χ3n) is 4.42. The van der Waals surface area contributed by atoms with E-state index < -0.39 is 10.0 Å². The van der Waals surface area contributed by atoms with Crippen LogP contribution in [0.1, 0.15) is 35.3 Å². The van der Waals surface area contributed by atoms with Crippen molar-refractivity contribution in [2.24, 2.45) is 5.92 Å². The molecule has 29 heavy (non-hydrogen) atoms. The van der Waals surface area contributed by atoms with Gasteiger partial charge in [0.15, 0.2) is 0 Å². The first-order valence-electron chi connectivity index (χ1n) is 9.36. The molecule has 8 heteroatoms. The second-order valence-corrected chi connectivity index (χ2v) is 8.81. The van der Waals surface area contributed by atoms with Gasteiger partial charge in [0, 0.05) is 30.3 Å². The topological polar surface area (TPSA) is 104 Å². The molecule has 0 fully saturated rings. The Bertz CT molecular complexity index is 983. The van der Waals surface area contributed by atoms with Crippen LogP contribution in [0.2, 0.25) is 0 Å². The Hall–Kier alpha value is -2.87. The van der Waals surface area contributed by atoms with E-state index in [4.69, 9.17) is 0 Å². The molecule has 0 saturated carbocycles. The fraction of sp³-hybridized carbons (Fsp3) is 0.333. The maximum Gasteiger partial charge on any atom is 0.261 e. The van der Waals surface area contributed by atoms with Crippen LogP contribution in [0, 0.1) is 19.8 Å². The van der Waals surface area contributed by atoms with Gasteiger partial charge in [-0.3, -0.25) is 14.3 Å². The number of hydrogen-bond donors (Lipinski definition) is 3. The molecule has 0 aliphatic heterocycles. The quantitative estimate of drug-likeness (QED) is 0.574. The molecule has 3 N–H and O–H groups in total. The smallest absolute Gasteiger partial charge is 0.261 e. The Morgan fingerprint density at radius 3 is 2.10 bits per heavy atom. The van der Waals surface area contributed by atoms with Gasteiger partial charge in [-0.1, -0.05) is 19.9 Å². The minimum atomic E-state index is -3.71. The highest BCUT2D eigenvalue weighted by Crippen LogP contribution is 2.19. The number of aryl methyl sites for hydroxylation is 2. The first-order valence-corrected chi connectivity index (χ1v) is 10.8. The maximum absolute atomic E-state index is 12.5. The monoisotopic (exact) mass is 417 g/mol. The SMILES string of the molecule is Cc1ccc(S(=O)(=O)Nc2ccc(C(=O)NCCNC(=O)C(C)C)cc2)cc1C. The van der Waals surface area contributed by atoms with Crippen LogP contribution in [0.4, 0.5) is 5.69 Å². The van der Waals surface area contributed by atoms with E-state index in [0.29, 0.717) is 24.3 Å². The lowest BCUT2D eigenvalue weighted by atomic mass is 10.1. The fourth-order valence-corrected chi connectivity index (χ4v) is 3.60. The van der Waals surface area contributed by atoms with Gasteiger partial charge < -0.3 is 10.6 Å². The summed E-state index contributed by atoms with van der Waals surface area (Å²) in [7, 11) is -3.71. The molecular weight excluding hydrogens is 390 g/mol. The average molecular weight is 418 g/mol. The zero-order valence-corrected chi connectivity index (χ0v) is 17.9. The van der Waals surface area contributed by atoms with Crippen LogP contribution >= 0.6 is 0 Å². The minimum absolute atomic E-state index is 0.0698. The van der Waals surface area contributed by atoms with Crippen LogP contribution in [0.3, 0.4) is 0 Å². The van der Waals surface area contributed by atoms with E-state index in [1.165, 1.54) is 12.1 Å². The molecule has 0 aromatic heterocycles. The van der Waals surface area contributed by atoms with E-state index in [1.54, 1.807) is 44.2 Å². The summed E-state index contributed by atoms with van der Waals surface area (Å²) in [4.78, 5) is 23.8. The number of carbonyl (C=O) groups excluding carboxylic acids is 2. The van der Waals surface area contributed by atoms with Gasteiger partial charge in [-0.15, -0.1) is 0 Å². The van der Waals surface area contributed by atoms with Gasteiger partial charge in [-0.05, 0) is 61.4 Å². The predicted molar refractivity (Wildman–Crippen MR) is 113 cm³/mol. The number of anilines is 1. The number of hydrogen-bond acceptors (Lipinski definition) is 4. The Morgan fingerprint density at radius 1 is 0.897 bits per heavy atom. The molecule has 0 radical (unpaired) electrons. The summed E-state index contributed by atoms with van der Waals surface area (Å²) >= 11 is 0. The zero-order valence-electron chi connectivity index (χ0n) is 17.1. The molecule has 0 heterocycles. The summed E-state index contributed by atoms with van der Waals surface area (Å²) in [5.74, 6) is -0.474. The second kappa shape index (κ2) is 9.56. The lowest BCUT2D eigenvalue weighted by Crippen LogP contribution is -2.36. The Kier molecular flexibility index (Phi) is 7.39. The Labute approximate surface area is 172 Å². The highest BCUT2D eigenvalue weighted by Gasteiger charge is 2.15. The van der Waals surface area contributed by atoms with Gasteiger partial charge in [0.25, 0.3) is 15.9 Å². The molecule has 0 unspecified atom stereocenters. The van der Waals surface area contributed by atoms with Gasteiger partial charge in [0.2, 0.25) is 5.91 Å². The Morgan fingerprint density at radius 2 is 1.52 bits per heavy atom. The molecule has 0 bridgehead atoms. The molecular formula is C21H27N3O4S. The largest absolute Gasteiger partial charge is 0.354 e. The van der Waals surface area contributed by atoms with Crippen LogP contribution in [0.5, 0.6) is 0 Å². The van der Waals surface area contributed by atoms with Crippen molar-refractivity contribution in [1.82, 2.24) is 10.6 Å². The number of nitrogens with one attached hydrogen (secondary N) is 3. The van der Waals surface area contributed by atoms with Crippen molar-refractivity contribution in [2.45, 2.75) is 32.6 Å². The number of carbonyl (C=O) groups is 2. The fourth-order valence-electron chi connectivity index (χ4n) is 2.45. The maximum atomic E-state index is 12.5. The lowest BCUT2D eigenvalue weighted by molar-refractivity contribution is -0.123. The lowest BCUT2D eigenvalue weighted by Gasteiger charge is -2.11. The van der Waals surface area contributed by atoms with Gasteiger partial charge in [-0.2, -0.15) is 0 Å². The van der Waals surface area contributed by atoms with Crippen molar-refractivity contribution in [3.63, 3.8) is 0 Å². The predicted octanol–water partition coefficient (Wildman–Crippen LogP) is 2.61. The van der Waals surface area contributed by atoms with Gasteiger partial charge in [0.05, 0.1) is 4.90 Å². The zero-order chi connectivity index (χ0) is 21.6. The molecule has 0 atom stereocenters. The highest BCUT2D eigenvalue weighted by molar-refractivity contribution is 7.92. The minimum Gasteiger partial charge on any atom is -0.354 e. The normalized spacial score (nSPS) is 11.2. The molecule has 0 aliphatic carbocycles. The number of amides is 2. The van der Waals surface area contributed by atoms with Crippen LogP contribution < -0.4 is 15.4 Å². The van der Waals surface area contributed by atoms with Crippen molar-refractivity contribution in [2.75, 3.05) is 17.8 Å². The molecule has 156 valence electrons. The van der Waals surface area contributed by atoms with E-state index in [0.717, 1.165) is 11.1 Å². The molecule has 0 spiro atoms. The molecule has 2 rings (SSSR count). The van der Waals surface area contributed by atoms with E-state index in [2.05, 4.69) is 15.4 Å². The van der Waals surface area contributed by atoms with Crippen LogP contribution in [0.15, 0.2) is 47.4 Å². The van der Waals surface area contributed by atoms with E-state index >= 15 is 0 Å². The van der Waals surface area contributed by atoms with Gasteiger partial charge >= 0.3 is 0 Å². The molecule has 2 aromatic carbocycles. The summed E-state index contributed by atoms with van der Waals surface area (Å²) in [5.41, 5.74) is 2.67. The second-order valence-electron chi connectivity index (χ2n) is 7.13. The first-order chi connectivity index (χ1) is 13.6.